The van der Waals surface area contributed by atoms with Gasteiger partial charge in [0.25, 0.3) is 0 Å². The maximum absolute atomic E-state index is 11.3. The van der Waals surface area contributed by atoms with Crippen molar-refractivity contribution in [2.45, 2.75) is 38.0 Å². The number of halogens is 2. The lowest BCUT2D eigenvalue weighted by atomic mass is 9.83. The number of amides is 1. The summed E-state index contributed by atoms with van der Waals surface area (Å²) in [6, 6.07) is 3.71. The van der Waals surface area contributed by atoms with E-state index >= 15 is 0 Å². The third kappa shape index (κ3) is 2.83. The zero-order valence-corrected chi connectivity index (χ0v) is 11.9. The van der Waals surface area contributed by atoms with Crippen LogP contribution in [0.25, 0.3) is 0 Å². The van der Waals surface area contributed by atoms with Crippen molar-refractivity contribution in [1.82, 2.24) is 0 Å². The van der Waals surface area contributed by atoms with E-state index in [-0.39, 0.29) is 0 Å². The van der Waals surface area contributed by atoms with Crippen LogP contribution in [0.15, 0.2) is 16.6 Å². The second-order valence-electron chi connectivity index (χ2n) is 4.56. The van der Waals surface area contributed by atoms with Gasteiger partial charge < -0.3 is 5.73 Å². The van der Waals surface area contributed by atoms with E-state index in [2.05, 4.69) is 15.9 Å². The molecule has 17 heavy (non-hydrogen) atoms. The van der Waals surface area contributed by atoms with E-state index in [0.717, 1.165) is 22.9 Å². The van der Waals surface area contributed by atoms with E-state index in [4.69, 9.17) is 17.3 Å². The summed E-state index contributed by atoms with van der Waals surface area (Å²) in [6.45, 7) is 0. The van der Waals surface area contributed by atoms with Gasteiger partial charge in [0.2, 0.25) is 5.91 Å². The van der Waals surface area contributed by atoms with Crippen LogP contribution in [0.4, 0.5) is 0 Å². The molecule has 1 saturated carbocycles. The molecule has 1 amide bonds. The van der Waals surface area contributed by atoms with Crippen LogP contribution < -0.4 is 5.73 Å². The first-order valence-corrected chi connectivity index (χ1v) is 7.05. The van der Waals surface area contributed by atoms with E-state index in [0.29, 0.717) is 16.5 Å². The molecule has 1 aromatic rings. The molecule has 0 atom stereocenters. The lowest BCUT2D eigenvalue weighted by Gasteiger charge is -2.23. The van der Waals surface area contributed by atoms with Gasteiger partial charge in [-0.2, -0.15) is 0 Å². The van der Waals surface area contributed by atoms with Gasteiger partial charge in [0.05, 0.1) is 10.6 Å². The summed E-state index contributed by atoms with van der Waals surface area (Å²) in [4.78, 5) is 11.3. The molecular formula is C13H15BrClNO. The number of carbonyl (C=O) groups is 1. The molecule has 1 fully saturated rings. The van der Waals surface area contributed by atoms with Crippen molar-refractivity contribution >= 4 is 33.4 Å². The maximum Gasteiger partial charge on any atom is 0.250 e. The van der Waals surface area contributed by atoms with Gasteiger partial charge in [-0.25, -0.2) is 0 Å². The fraction of sp³-hybridized carbons (Fsp3) is 0.462. The second kappa shape index (κ2) is 5.40. The monoisotopic (exact) mass is 315 g/mol. The average molecular weight is 317 g/mol. The van der Waals surface area contributed by atoms with Gasteiger partial charge >= 0.3 is 0 Å². The van der Waals surface area contributed by atoms with Crippen molar-refractivity contribution in [1.29, 1.82) is 0 Å². The molecule has 0 aliphatic heterocycles. The predicted molar refractivity (Wildman–Crippen MR) is 73.5 cm³/mol. The standard InChI is InChI=1S/C13H15BrClNO/c14-9-6-10(8-4-2-1-3-5-8)12(15)11(7-9)13(16)17/h6-8H,1-5H2,(H2,16,17). The molecule has 92 valence electrons. The van der Waals surface area contributed by atoms with Gasteiger partial charge in [0.1, 0.15) is 0 Å². The molecule has 2 nitrogen and oxygen atoms in total. The molecule has 0 bridgehead atoms. The van der Waals surface area contributed by atoms with Crippen LogP contribution in [0.3, 0.4) is 0 Å². The van der Waals surface area contributed by atoms with Gasteiger partial charge in [-0.15, -0.1) is 0 Å². The Kier molecular flexibility index (Phi) is 4.10. The first kappa shape index (κ1) is 12.9. The number of hydrogen-bond donors (Lipinski definition) is 1. The van der Waals surface area contributed by atoms with Crippen LogP contribution >= 0.6 is 27.5 Å². The highest BCUT2D eigenvalue weighted by Gasteiger charge is 2.21. The van der Waals surface area contributed by atoms with Crippen LogP contribution in [0.5, 0.6) is 0 Å². The van der Waals surface area contributed by atoms with Crippen LogP contribution in [-0.4, -0.2) is 5.91 Å². The summed E-state index contributed by atoms with van der Waals surface area (Å²) in [5.41, 5.74) is 6.82. The molecule has 0 heterocycles. The Morgan fingerprint density at radius 2 is 1.94 bits per heavy atom. The number of hydrogen-bond acceptors (Lipinski definition) is 1. The smallest absolute Gasteiger partial charge is 0.250 e. The Morgan fingerprint density at radius 1 is 1.29 bits per heavy atom. The van der Waals surface area contributed by atoms with Gasteiger partial charge in [0, 0.05) is 4.47 Å². The molecule has 0 aromatic heterocycles. The first-order valence-electron chi connectivity index (χ1n) is 5.88. The summed E-state index contributed by atoms with van der Waals surface area (Å²) in [6.07, 6.45) is 6.06. The minimum absolute atomic E-state index is 0.418. The van der Waals surface area contributed by atoms with E-state index in [1.165, 1.54) is 19.3 Å². The number of primary amides is 1. The van der Waals surface area contributed by atoms with Gasteiger partial charge in [-0.3, -0.25) is 4.79 Å². The van der Waals surface area contributed by atoms with Crippen LogP contribution in [0, 0.1) is 0 Å². The molecule has 0 saturated heterocycles. The lowest BCUT2D eigenvalue weighted by molar-refractivity contribution is 0.1000. The molecule has 1 aliphatic rings. The van der Waals surface area contributed by atoms with Crippen molar-refractivity contribution < 1.29 is 4.79 Å². The van der Waals surface area contributed by atoms with Gasteiger partial charge in [-0.05, 0) is 36.5 Å². The largest absolute Gasteiger partial charge is 0.366 e. The first-order chi connectivity index (χ1) is 8.09. The Morgan fingerprint density at radius 3 is 2.53 bits per heavy atom. The summed E-state index contributed by atoms with van der Waals surface area (Å²) >= 11 is 9.70. The fourth-order valence-corrected chi connectivity index (χ4v) is 3.33. The van der Waals surface area contributed by atoms with E-state index in [9.17, 15) is 4.79 Å². The highest BCUT2D eigenvalue weighted by Crippen LogP contribution is 2.39. The van der Waals surface area contributed by atoms with Crippen molar-refractivity contribution in [3.63, 3.8) is 0 Å². The quantitative estimate of drug-likeness (QED) is 0.871. The molecule has 0 spiro atoms. The molecule has 1 aromatic carbocycles. The molecular weight excluding hydrogens is 302 g/mol. The molecule has 2 rings (SSSR count). The summed E-state index contributed by atoms with van der Waals surface area (Å²) in [7, 11) is 0. The van der Waals surface area contributed by atoms with E-state index < -0.39 is 5.91 Å². The third-order valence-electron chi connectivity index (χ3n) is 3.38. The maximum atomic E-state index is 11.3. The predicted octanol–water partition coefficient (Wildman–Crippen LogP) is 4.25. The highest BCUT2D eigenvalue weighted by atomic mass is 79.9. The van der Waals surface area contributed by atoms with Crippen molar-refractivity contribution in [3.8, 4) is 0 Å². The SMILES string of the molecule is NC(=O)c1cc(Br)cc(C2CCCCC2)c1Cl. The molecule has 0 unspecified atom stereocenters. The van der Waals surface area contributed by atoms with Gasteiger partial charge in [0.15, 0.2) is 0 Å². The molecule has 2 N–H and O–H groups in total. The zero-order chi connectivity index (χ0) is 12.4. The van der Waals surface area contributed by atoms with Gasteiger partial charge in [-0.1, -0.05) is 46.8 Å². The number of benzene rings is 1. The van der Waals surface area contributed by atoms with Crippen LogP contribution in [-0.2, 0) is 0 Å². The van der Waals surface area contributed by atoms with E-state index in [1.54, 1.807) is 6.07 Å². The van der Waals surface area contributed by atoms with Crippen LogP contribution in [0.1, 0.15) is 53.9 Å². The lowest BCUT2D eigenvalue weighted by Crippen LogP contribution is -2.14. The molecule has 4 heteroatoms. The Bertz CT molecular complexity index is 441. The highest BCUT2D eigenvalue weighted by molar-refractivity contribution is 9.10. The molecule has 1 aliphatic carbocycles. The second-order valence-corrected chi connectivity index (χ2v) is 5.85. The van der Waals surface area contributed by atoms with Crippen molar-refractivity contribution in [3.05, 3.63) is 32.8 Å². The number of rotatable bonds is 2. The normalized spacial score (nSPS) is 17.1. The molecule has 0 radical (unpaired) electrons. The minimum Gasteiger partial charge on any atom is -0.366 e. The Labute approximate surface area is 115 Å². The van der Waals surface area contributed by atoms with Crippen molar-refractivity contribution in [2.75, 3.05) is 0 Å². The summed E-state index contributed by atoms with van der Waals surface area (Å²) in [5, 5.41) is 0.535. The Balaban J connectivity index is 2.41. The topological polar surface area (TPSA) is 43.1 Å². The third-order valence-corrected chi connectivity index (χ3v) is 4.26. The summed E-state index contributed by atoms with van der Waals surface area (Å²) in [5.74, 6) is 0.000194. The van der Waals surface area contributed by atoms with Crippen LogP contribution in [0.2, 0.25) is 5.02 Å². The Hall–Kier alpha value is -0.540. The number of carbonyl (C=O) groups excluding carboxylic acids is 1. The fourth-order valence-electron chi connectivity index (χ4n) is 2.50. The number of nitrogens with two attached hydrogens (primary N) is 1. The van der Waals surface area contributed by atoms with E-state index in [1.807, 2.05) is 6.07 Å². The van der Waals surface area contributed by atoms with Crippen molar-refractivity contribution in [2.24, 2.45) is 5.73 Å². The zero-order valence-electron chi connectivity index (χ0n) is 9.51. The average Bonchev–Trinajstić information content (AvgIpc) is 2.32. The summed E-state index contributed by atoms with van der Waals surface area (Å²) < 4.78 is 0.872. The minimum atomic E-state index is -0.464.